The van der Waals surface area contributed by atoms with Crippen LogP contribution in [0.2, 0.25) is 0 Å². The summed E-state index contributed by atoms with van der Waals surface area (Å²) in [4.78, 5) is 21.7. The quantitative estimate of drug-likeness (QED) is 0.876. The lowest BCUT2D eigenvalue weighted by molar-refractivity contribution is 0.0761. The molecule has 1 fully saturated rings. The van der Waals surface area contributed by atoms with E-state index >= 15 is 0 Å². The van der Waals surface area contributed by atoms with Gasteiger partial charge in [-0.05, 0) is 25.7 Å². The number of aromatic nitrogens is 1. The van der Waals surface area contributed by atoms with E-state index < -0.39 is 0 Å². The fourth-order valence-electron chi connectivity index (χ4n) is 2.52. The maximum absolute atomic E-state index is 12.6. The van der Waals surface area contributed by atoms with E-state index in [4.69, 9.17) is 5.73 Å². The summed E-state index contributed by atoms with van der Waals surface area (Å²) in [6.45, 7) is 7.78. The molecule has 6 heteroatoms. The van der Waals surface area contributed by atoms with E-state index in [1.54, 1.807) is 0 Å². The lowest BCUT2D eigenvalue weighted by atomic mass is 10.3. The number of carbonyl (C=O) groups excluding carboxylic acids is 1. The molecule has 112 valence electrons. The predicted octanol–water partition coefficient (Wildman–Crippen LogP) is 2.59. The van der Waals surface area contributed by atoms with Crippen molar-refractivity contribution in [2.75, 3.05) is 36.8 Å². The molecule has 1 aliphatic heterocycles. The van der Waals surface area contributed by atoms with E-state index in [2.05, 4.69) is 23.7 Å². The van der Waals surface area contributed by atoms with Gasteiger partial charge < -0.3 is 15.5 Å². The van der Waals surface area contributed by atoms with E-state index in [1.807, 2.05) is 4.90 Å². The molecule has 0 atom stereocenters. The van der Waals surface area contributed by atoms with Crippen molar-refractivity contribution in [2.24, 2.45) is 0 Å². The van der Waals surface area contributed by atoms with Gasteiger partial charge in [0.1, 0.15) is 10.7 Å². The van der Waals surface area contributed by atoms with Crippen LogP contribution >= 0.6 is 11.3 Å². The Bertz CT molecular complexity index is 448. The number of thiazole rings is 1. The zero-order valence-electron chi connectivity index (χ0n) is 12.4. The van der Waals surface area contributed by atoms with Gasteiger partial charge in [-0.1, -0.05) is 25.2 Å². The third-order valence-electron chi connectivity index (χ3n) is 3.49. The zero-order chi connectivity index (χ0) is 14.5. The second-order valence-electron chi connectivity index (χ2n) is 5.20. The van der Waals surface area contributed by atoms with Crippen LogP contribution in [0.3, 0.4) is 0 Å². The third kappa shape index (κ3) is 3.23. The van der Waals surface area contributed by atoms with Crippen LogP contribution in [0.5, 0.6) is 0 Å². The van der Waals surface area contributed by atoms with Crippen LogP contribution in [0.4, 0.5) is 10.9 Å². The van der Waals surface area contributed by atoms with Gasteiger partial charge in [0.25, 0.3) is 5.91 Å². The minimum Gasteiger partial charge on any atom is -0.382 e. The summed E-state index contributed by atoms with van der Waals surface area (Å²) in [7, 11) is 0. The molecule has 0 unspecified atom stereocenters. The van der Waals surface area contributed by atoms with Gasteiger partial charge >= 0.3 is 0 Å². The number of carbonyl (C=O) groups is 1. The minimum absolute atomic E-state index is 0.0362. The highest BCUT2D eigenvalue weighted by Crippen LogP contribution is 2.31. The van der Waals surface area contributed by atoms with Crippen LogP contribution in [0.15, 0.2) is 0 Å². The first-order valence-electron chi connectivity index (χ1n) is 7.47. The molecule has 0 radical (unpaired) electrons. The normalized spacial score (nSPS) is 14.8. The van der Waals surface area contributed by atoms with Crippen LogP contribution < -0.4 is 10.6 Å². The molecule has 2 heterocycles. The van der Waals surface area contributed by atoms with E-state index in [-0.39, 0.29) is 5.91 Å². The minimum atomic E-state index is 0.0362. The summed E-state index contributed by atoms with van der Waals surface area (Å²) < 4.78 is 0. The van der Waals surface area contributed by atoms with Crippen molar-refractivity contribution >= 4 is 28.2 Å². The molecule has 0 saturated carbocycles. The highest BCUT2D eigenvalue weighted by molar-refractivity contribution is 7.18. The molecule has 1 aromatic rings. The lowest BCUT2D eigenvalue weighted by Crippen LogP contribution is -2.32. The summed E-state index contributed by atoms with van der Waals surface area (Å²) in [6, 6.07) is 0. The molecule has 5 nitrogen and oxygen atoms in total. The smallest absolute Gasteiger partial charge is 0.267 e. The van der Waals surface area contributed by atoms with E-state index in [0.717, 1.165) is 44.2 Å². The van der Waals surface area contributed by atoms with Crippen molar-refractivity contribution in [3.05, 3.63) is 4.88 Å². The Morgan fingerprint density at radius 3 is 2.45 bits per heavy atom. The number of hydrogen-bond acceptors (Lipinski definition) is 5. The molecular weight excluding hydrogens is 272 g/mol. The van der Waals surface area contributed by atoms with Crippen molar-refractivity contribution in [1.29, 1.82) is 0 Å². The zero-order valence-corrected chi connectivity index (χ0v) is 13.2. The summed E-state index contributed by atoms with van der Waals surface area (Å²) in [5, 5.41) is 0.899. The Balaban J connectivity index is 2.15. The highest BCUT2D eigenvalue weighted by atomic mass is 32.1. The molecule has 20 heavy (non-hydrogen) atoms. The summed E-state index contributed by atoms with van der Waals surface area (Å²) in [5.74, 6) is 0.424. The van der Waals surface area contributed by atoms with Crippen molar-refractivity contribution in [1.82, 2.24) is 9.88 Å². The molecule has 0 bridgehead atoms. The molecule has 1 saturated heterocycles. The Labute approximate surface area is 124 Å². The van der Waals surface area contributed by atoms with E-state index in [9.17, 15) is 4.79 Å². The van der Waals surface area contributed by atoms with Gasteiger partial charge in [0.15, 0.2) is 5.13 Å². The SMILES string of the molecule is CCCN(CCC)C(=O)c1sc(N2CCCC2)nc1N. The van der Waals surface area contributed by atoms with Crippen LogP contribution in [0.1, 0.15) is 49.2 Å². The Kier molecular flexibility index (Phi) is 5.23. The predicted molar refractivity (Wildman–Crippen MR) is 84.5 cm³/mol. The van der Waals surface area contributed by atoms with Crippen molar-refractivity contribution in [3.63, 3.8) is 0 Å². The average Bonchev–Trinajstić information content (AvgIpc) is 3.06. The summed E-state index contributed by atoms with van der Waals surface area (Å²) >= 11 is 1.44. The number of hydrogen-bond donors (Lipinski definition) is 1. The van der Waals surface area contributed by atoms with E-state index in [1.165, 1.54) is 24.2 Å². The van der Waals surface area contributed by atoms with Crippen molar-refractivity contribution < 1.29 is 4.79 Å². The molecular formula is C14H24N4OS. The van der Waals surface area contributed by atoms with Gasteiger partial charge in [0.2, 0.25) is 0 Å². The fraction of sp³-hybridized carbons (Fsp3) is 0.714. The van der Waals surface area contributed by atoms with Gasteiger partial charge in [0.05, 0.1) is 0 Å². The first-order valence-corrected chi connectivity index (χ1v) is 8.29. The number of nitrogens with zero attached hydrogens (tertiary/aromatic N) is 3. The van der Waals surface area contributed by atoms with Gasteiger partial charge in [-0.3, -0.25) is 4.79 Å². The monoisotopic (exact) mass is 296 g/mol. The Morgan fingerprint density at radius 1 is 1.30 bits per heavy atom. The van der Waals surface area contributed by atoms with E-state index in [0.29, 0.717) is 10.7 Å². The largest absolute Gasteiger partial charge is 0.382 e. The first kappa shape index (κ1) is 15.1. The molecule has 0 aromatic carbocycles. The van der Waals surface area contributed by atoms with Crippen LogP contribution in [-0.4, -0.2) is 42.0 Å². The van der Waals surface area contributed by atoms with Crippen molar-refractivity contribution in [3.8, 4) is 0 Å². The number of amides is 1. The number of anilines is 2. The average molecular weight is 296 g/mol. The summed E-state index contributed by atoms with van der Waals surface area (Å²) in [5.41, 5.74) is 5.97. The third-order valence-corrected chi connectivity index (χ3v) is 4.61. The van der Waals surface area contributed by atoms with Gasteiger partial charge in [0, 0.05) is 26.2 Å². The number of nitrogen functional groups attached to an aromatic ring is 1. The second-order valence-corrected chi connectivity index (χ2v) is 6.17. The lowest BCUT2D eigenvalue weighted by Gasteiger charge is -2.20. The van der Waals surface area contributed by atoms with Gasteiger partial charge in [-0.25, -0.2) is 4.98 Å². The van der Waals surface area contributed by atoms with Crippen LogP contribution in [-0.2, 0) is 0 Å². The highest BCUT2D eigenvalue weighted by Gasteiger charge is 2.24. The van der Waals surface area contributed by atoms with Crippen LogP contribution in [0.25, 0.3) is 0 Å². The molecule has 0 spiro atoms. The first-order chi connectivity index (χ1) is 9.67. The molecule has 1 amide bonds. The topological polar surface area (TPSA) is 62.5 Å². The number of nitrogens with two attached hydrogens (primary N) is 1. The fourth-order valence-corrected chi connectivity index (χ4v) is 3.52. The maximum atomic E-state index is 12.6. The molecule has 1 aromatic heterocycles. The van der Waals surface area contributed by atoms with Crippen LogP contribution in [0, 0.1) is 0 Å². The Morgan fingerprint density at radius 2 is 1.90 bits per heavy atom. The summed E-state index contributed by atoms with van der Waals surface area (Å²) in [6.07, 6.45) is 4.31. The van der Waals surface area contributed by atoms with Crippen molar-refractivity contribution in [2.45, 2.75) is 39.5 Å². The molecule has 1 aliphatic rings. The van der Waals surface area contributed by atoms with Gasteiger partial charge in [-0.2, -0.15) is 0 Å². The Hall–Kier alpha value is -1.30. The van der Waals surface area contributed by atoms with Gasteiger partial charge in [-0.15, -0.1) is 0 Å². The molecule has 0 aliphatic carbocycles. The molecule has 2 rings (SSSR count). The maximum Gasteiger partial charge on any atom is 0.267 e. The second kappa shape index (κ2) is 6.92. The standard InChI is InChI=1S/C14H24N4OS/c1-3-7-17(8-4-2)13(19)11-12(15)16-14(20-11)18-9-5-6-10-18/h3-10,15H2,1-2H3. The number of rotatable bonds is 6. The molecule has 2 N–H and O–H groups in total.